The van der Waals surface area contributed by atoms with Crippen LogP contribution in [0.25, 0.3) is 0 Å². The Labute approximate surface area is 147 Å². The van der Waals surface area contributed by atoms with Crippen LogP contribution >= 0.6 is 15.9 Å². The van der Waals surface area contributed by atoms with Gasteiger partial charge in [-0.2, -0.15) is 0 Å². The Morgan fingerprint density at radius 2 is 1.58 bits per heavy atom. The van der Waals surface area contributed by atoms with E-state index in [1.807, 2.05) is 35.2 Å². The maximum atomic E-state index is 12.7. The van der Waals surface area contributed by atoms with E-state index in [-0.39, 0.29) is 23.7 Å². The molecule has 2 saturated heterocycles. The zero-order valence-electron chi connectivity index (χ0n) is 12.8. The van der Waals surface area contributed by atoms with Gasteiger partial charge in [0.25, 0.3) is 0 Å². The number of carbonyl (C=O) groups excluding carboxylic acids is 2. The molecule has 0 N–H and O–H groups in total. The Balaban J connectivity index is 1.50. The Morgan fingerprint density at radius 1 is 1.00 bits per heavy atom. The van der Waals surface area contributed by atoms with E-state index in [0.29, 0.717) is 25.6 Å². The number of carbonyl (C=O) groups is 2. The van der Waals surface area contributed by atoms with Gasteiger partial charge < -0.3 is 4.90 Å². The first-order valence-corrected chi connectivity index (χ1v) is 8.54. The highest BCUT2D eigenvalue weighted by Gasteiger charge is 2.52. The normalized spacial score (nSPS) is 23.0. The maximum Gasteiger partial charge on any atom is 0.235 e. The summed E-state index contributed by atoms with van der Waals surface area (Å²) < 4.78 is 0.798. The molecule has 2 aliphatic heterocycles. The minimum Gasteiger partial charge on any atom is -0.339 e. The van der Waals surface area contributed by atoms with Crippen molar-refractivity contribution in [2.75, 3.05) is 18.0 Å². The van der Waals surface area contributed by atoms with Gasteiger partial charge >= 0.3 is 0 Å². The predicted octanol–water partition coefficient (Wildman–Crippen LogP) is 1.86. The molecule has 7 heteroatoms. The van der Waals surface area contributed by atoms with Crippen molar-refractivity contribution >= 4 is 33.7 Å². The average molecular weight is 387 g/mol. The van der Waals surface area contributed by atoms with Crippen LogP contribution in [0.3, 0.4) is 0 Å². The molecule has 0 bridgehead atoms. The minimum atomic E-state index is -0.298. The van der Waals surface area contributed by atoms with Crippen LogP contribution in [-0.2, 0) is 16.1 Å². The third-order valence-corrected chi connectivity index (χ3v) is 4.97. The summed E-state index contributed by atoms with van der Waals surface area (Å²) in [6, 6.07) is 9.59. The van der Waals surface area contributed by atoms with Crippen molar-refractivity contribution in [1.29, 1.82) is 0 Å². The van der Waals surface area contributed by atoms with Gasteiger partial charge in [-0.15, -0.1) is 0 Å². The average Bonchev–Trinajstić information content (AvgIpc) is 3.13. The highest BCUT2D eigenvalue weighted by molar-refractivity contribution is 9.10. The number of imide groups is 1. The summed E-state index contributed by atoms with van der Waals surface area (Å²) in [7, 11) is 0. The Hall–Kier alpha value is -2.28. The van der Waals surface area contributed by atoms with Crippen molar-refractivity contribution in [3.8, 4) is 0 Å². The lowest BCUT2D eigenvalue weighted by Crippen LogP contribution is -2.36. The molecule has 2 atom stereocenters. The molecule has 2 unspecified atom stereocenters. The fourth-order valence-electron chi connectivity index (χ4n) is 3.37. The van der Waals surface area contributed by atoms with Crippen LogP contribution in [0.15, 0.2) is 47.2 Å². The molecule has 6 nitrogen and oxygen atoms in total. The van der Waals surface area contributed by atoms with Gasteiger partial charge in [0.15, 0.2) is 0 Å². The second-order valence-electron chi connectivity index (χ2n) is 6.07. The molecule has 2 aromatic rings. The lowest BCUT2D eigenvalue weighted by Gasteiger charge is -2.20. The van der Waals surface area contributed by atoms with Gasteiger partial charge in [0.1, 0.15) is 0 Å². The van der Waals surface area contributed by atoms with Crippen LogP contribution in [-0.4, -0.2) is 39.8 Å². The highest BCUT2D eigenvalue weighted by atomic mass is 79.9. The van der Waals surface area contributed by atoms with Crippen LogP contribution < -0.4 is 4.90 Å². The van der Waals surface area contributed by atoms with E-state index < -0.39 is 0 Å². The summed E-state index contributed by atoms with van der Waals surface area (Å²) in [6.07, 6.45) is 3.34. The number of likely N-dealkylation sites (tertiary alicyclic amines) is 1. The van der Waals surface area contributed by atoms with E-state index in [9.17, 15) is 9.59 Å². The van der Waals surface area contributed by atoms with Crippen molar-refractivity contribution in [1.82, 2.24) is 14.9 Å². The van der Waals surface area contributed by atoms with E-state index >= 15 is 0 Å². The Kier molecular flexibility index (Phi) is 3.80. The van der Waals surface area contributed by atoms with Gasteiger partial charge in [-0.3, -0.25) is 14.5 Å². The summed E-state index contributed by atoms with van der Waals surface area (Å²) >= 11 is 3.30. The third-order valence-electron chi connectivity index (χ3n) is 4.56. The topological polar surface area (TPSA) is 66.4 Å². The molecule has 2 aliphatic rings. The molecule has 3 heterocycles. The van der Waals surface area contributed by atoms with E-state index in [1.54, 1.807) is 12.4 Å². The van der Waals surface area contributed by atoms with Crippen molar-refractivity contribution in [3.05, 3.63) is 52.8 Å². The lowest BCUT2D eigenvalue weighted by molar-refractivity contribution is -0.140. The molecular formula is C17H15BrN4O2. The molecule has 1 aromatic heterocycles. The zero-order chi connectivity index (χ0) is 16.7. The van der Waals surface area contributed by atoms with Crippen molar-refractivity contribution < 1.29 is 9.59 Å². The fraction of sp³-hybridized carbons (Fsp3) is 0.294. The quantitative estimate of drug-likeness (QED) is 0.753. The molecular weight excluding hydrogens is 372 g/mol. The number of nitrogens with zero attached hydrogens (tertiary/aromatic N) is 4. The number of fused-ring (bicyclic) bond motifs is 1. The summed E-state index contributed by atoms with van der Waals surface area (Å²) in [4.78, 5) is 37.1. The summed E-state index contributed by atoms with van der Waals surface area (Å²) in [5, 5.41) is 0. The van der Waals surface area contributed by atoms with Gasteiger partial charge in [0.2, 0.25) is 17.8 Å². The first kappa shape index (κ1) is 15.3. The number of anilines is 1. The van der Waals surface area contributed by atoms with Gasteiger partial charge in [-0.25, -0.2) is 9.97 Å². The van der Waals surface area contributed by atoms with E-state index in [1.165, 1.54) is 4.90 Å². The number of hydrogen-bond donors (Lipinski definition) is 0. The minimum absolute atomic E-state index is 0.0894. The zero-order valence-corrected chi connectivity index (χ0v) is 14.4. The third kappa shape index (κ3) is 2.58. The van der Waals surface area contributed by atoms with Crippen LogP contribution in [0.4, 0.5) is 5.95 Å². The molecule has 2 fully saturated rings. The van der Waals surface area contributed by atoms with Crippen LogP contribution in [0.1, 0.15) is 5.56 Å². The SMILES string of the molecule is O=C1C2CN(c3ncc(Br)cn3)CC2C(=O)N1Cc1ccccc1. The molecule has 1 aromatic carbocycles. The standard InChI is InChI=1S/C17H15BrN4O2/c18-12-6-19-17(20-7-12)21-9-13-14(10-21)16(24)22(15(13)23)8-11-4-2-1-3-5-11/h1-7,13-14H,8-10H2. The van der Waals surface area contributed by atoms with Gasteiger partial charge in [0, 0.05) is 25.5 Å². The van der Waals surface area contributed by atoms with E-state index in [2.05, 4.69) is 25.9 Å². The number of amides is 2. The Bertz CT molecular complexity index is 757. The van der Waals surface area contributed by atoms with Gasteiger partial charge in [-0.1, -0.05) is 30.3 Å². The fourth-order valence-corrected chi connectivity index (χ4v) is 3.57. The molecule has 2 amide bonds. The van der Waals surface area contributed by atoms with Crippen LogP contribution in [0.2, 0.25) is 0 Å². The van der Waals surface area contributed by atoms with Gasteiger partial charge in [-0.05, 0) is 21.5 Å². The van der Waals surface area contributed by atoms with Crippen molar-refractivity contribution in [3.63, 3.8) is 0 Å². The molecule has 0 spiro atoms. The molecule has 24 heavy (non-hydrogen) atoms. The molecule has 122 valence electrons. The number of halogens is 1. The summed E-state index contributed by atoms with van der Waals surface area (Å²) in [5.74, 6) is -0.216. The number of aromatic nitrogens is 2. The number of benzene rings is 1. The summed E-state index contributed by atoms with van der Waals surface area (Å²) in [5.41, 5.74) is 0.965. The van der Waals surface area contributed by atoms with Gasteiger partial charge in [0.05, 0.1) is 22.9 Å². The maximum absolute atomic E-state index is 12.7. The predicted molar refractivity (Wildman–Crippen MR) is 90.9 cm³/mol. The second-order valence-corrected chi connectivity index (χ2v) is 6.98. The molecule has 0 radical (unpaired) electrons. The monoisotopic (exact) mass is 386 g/mol. The highest BCUT2D eigenvalue weighted by Crippen LogP contribution is 2.35. The Morgan fingerprint density at radius 3 is 2.17 bits per heavy atom. The van der Waals surface area contributed by atoms with Crippen molar-refractivity contribution in [2.24, 2.45) is 11.8 Å². The number of rotatable bonds is 3. The first-order valence-electron chi connectivity index (χ1n) is 7.75. The largest absolute Gasteiger partial charge is 0.339 e. The smallest absolute Gasteiger partial charge is 0.235 e. The van der Waals surface area contributed by atoms with Crippen molar-refractivity contribution in [2.45, 2.75) is 6.54 Å². The van der Waals surface area contributed by atoms with E-state index in [4.69, 9.17) is 0 Å². The lowest BCUT2D eigenvalue weighted by atomic mass is 10.00. The van der Waals surface area contributed by atoms with E-state index in [0.717, 1.165) is 10.0 Å². The first-order chi connectivity index (χ1) is 11.6. The summed E-state index contributed by atoms with van der Waals surface area (Å²) in [6.45, 7) is 1.32. The second kappa shape index (κ2) is 5.98. The molecule has 0 saturated carbocycles. The van der Waals surface area contributed by atoms with Crippen LogP contribution in [0, 0.1) is 11.8 Å². The molecule has 4 rings (SSSR count). The van der Waals surface area contributed by atoms with Crippen LogP contribution in [0.5, 0.6) is 0 Å². The molecule has 0 aliphatic carbocycles. The number of hydrogen-bond acceptors (Lipinski definition) is 5.